The molecule has 0 radical (unpaired) electrons. The molecule has 0 atom stereocenters. The lowest BCUT2D eigenvalue weighted by Crippen LogP contribution is -2.24. The lowest BCUT2D eigenvalue weighted by atomic mass is 10.0. The average molecular weight is 337 g/mol. The van der Waals surface area contributed by atoms with Crippen LogP contribution < -0.4 is 5.32 Å². The van der Waals surface area contributed by atoms with Crippen LogP contribution in [0, 0.1) is 6.92 Å². The van der Waals surface area contributed by atoms with Gasteiger partial charge in [0.2, 0.25) is 0 Å². The highest BCUT2D eigenvalue weighted by molar-refractivity contribution is 5.94. The van der Waals surface area contributed by atoms with E-state index < -0.39 is 6.09 Å². The summed E-state index contributed by atoms with van der Waals surface area (Å²) in [6, 6.07) is 15.2. The molecule has 2 rings (SSSR count). The summed E-state index contributed by atoms with van der Waals surface area (Å²) in [7, 11) is 0. The monoisotopic (exact) mass is 337 g/mol. The zero-order chi connectivity index (χ0) is 18.1. The van der Waals surface area contributed by atoms with Crippen LogP contribution in [-0.4, -0.2) is 18.4 Å². The van der Waals surface area contributed by atoms with E-state index in [-0.39, 0.29) is 12.4 Å². The van der Waals surface area contributed by atoms with E-state index in [9.17, 15) is 9.59 Å². The number of amides is 1. The van der Waals surface area contributed by atoms with Crippen molar-refractivity contribution in [3.05, 3.63) is 76.9 Å². The number of ether oxygens (including phenoxy) is 1. The first-order valence-electron chi connectivity index (χ1n) is 8.29. The minimum absolute atomic E-state index is 0.0665. The van der Waals surface area contributed by atoms with Gasteiger partial charge >= 0.3 is 6.09 Å². The Morgan fingerprint density at radius 3 is 2.56 bits per heavy atom. The van der Waals surface area contributed by atoms with Gasteiger partial charge in [0.15, 0.2) is 5.78 Å². The molecule has 130 valence electrons. The molecule has 4 nitrogen and oxygen atoms in total. The van der Waals surface area contributed by atoms with Crippen LogP contribution >= 0.6 is 0 Å². The Morgan fingerprint density at radius 2 is 1.88 bits per heavy atom. The van der Waals surface area contributed by atoms with Gasteiger partial charge in [-0.15, -0.1) is 0 Å². The third-order valence-corrected chi connectivity index (χ3v) is 3.77. The molecule has 0 spiro atoms. The highest BCUT2D eigenvalue weighted by Crippen LogP contribution is 2.13. The lowest BCUT2D eigenvalue weighted by Gasteiger charge is -2.06. The highest BCUT2D eigenvalue weighted by atomic mass is 16.5. The van der Waals surface area contributed by atoms with Crippen molar-refractivity contribution in [1.82, 2.24) is 5.32 Å². The topological polar surface area (TPSA) is 55.4 Å². The predicted octanol–water partition coefficient (Wildman–Crippen LogP) is 4.53. The lowest BCUT2D eigenvalue weighted by molar-refractivity contribution is 0.101. The number of alkyl carbamates (subject to hydrolysis) is 1. The zero-order valence-electron chi connectivity index (χ0n) is 14.6. The fourth-order valence-electron chi connectivity index (χ4n) is 2.32. The van der Waals surface area contributed by atoms with Crippen molar-refractivity contribution < 1.29 is 14.3 Å². The third-order valence-electron chi connectivity index (χ3n) is 3.77. The number of carbonyl (C=O) groups excluding carboxylic acids is 2. The normalized spacial score (nSPS) is 10.6. The van der Waals surface area contributed by atoms with Crippen LogP contribution in [0.25, 0.3) is 6.08 Å². The van der Waals surface area contributed by atoms with Crippen molar-refractivity contribution in [3.8, 4) is 0 Å². The molecule has 4 heteroatoms. The quantitative estimate of drug-likeness (QED) is 0.596. The summed E-state index contributed by atoms with van der Waals surface area (Å²) < 4.78 is 5.14. The standard InChI is InChI=1S/C21H23NO3/c1-16-14-20(17(2)23)12-11-19(16)10-6-7-13-22-21(24)25-15-18-8-4-3-5-9-18/h3-6,8-12,14H,7,13,15H2,1-2H3,(H,22,24). The number of rotatable bonds is 7. The van der Waals surface area contributed by atoms with Gasteiger partial charge in [0.25, 0.3) is 0 Å². The molecule has 0 aliphatic rings. The number of ketones is 1. The van der Waals surface area contributed by atoms with Crippen molar-refractivity contribution >= 4 is 18.0 Å². The second kappa shape index (κ2) is 9.42. The summed E-state index contributed by atoms with van der Waals surface area (Å²) in [5.74, 6) is 0.0665. The molecule has 0 aliphatic heterocycles. The second-order valence-corrected chi connectivity index (χ2v) is 5.81. The summed E-state index contributed by atoms with van der Waals surface area (Å²) in [5, 5.41) is 2.72. The molecule has 0 saturated carbocycles. The first-order valence-corrected chi connectivity index (χ1v) is 8.29. The molecule has 0 bridgehead atoms. The molecule has 0 aromatic heterocycles. The molecule has 2 aromatic rings. The molecule has 0 aliphatic carbocycles. The maximum absolute atomic E-state index is 11.6. The first kappa shape index (κ1) is 18.5. The van der Waals surface area contributed by atoms with E-state index >= 15 is 0 Å². The molecule has 0 heterocycles. The van der Waals surface area contributed by atoms with Crippen LogP contribution in [0.4, 0.5) is 4.79 Å². The molecule has 0 fully saturated rings. The van der Waals surface area contributed by atoms with Gasteiger partial charge in [0.1, 0.15) is 6.61 Å². The number of nitrogens with one attached hydrogen (secondary N) is 1. The summed E-state index contributed by atoms with van der Waals surface area (Å²) >= 11 is 0. The van der Waals surface area contributed by atoms with E-state index in [2.05, 4.69) is 5.32 Å². The molecule has 2 aromatic carbocycles. The second-order valence-electron chi connectivity index (χ2n) is 5.81. The average Bonchev–Trinajstić information content (AvgIpc) is 2.61. The number of Topliss-reactive ketones (excluding diaryl/α,β-unsaturated/α-hetero) is 1. The van der Waals surface area contributed by atoms with Gasteiger partial charge in [-0.25, -0.2) is 4.79 Å². The van der Waals surface area contributed by atoms with Gasteiger partial charge in [0.05, 0.1) is 0 Å². The van der Waals surface area contributed by atoms with Crippen LogP contribution in [0.3, 0.4) is 0 Å². The Labute approximate surface area is 148 Å². The fraction of sp³-hybridized carbons (Fsp3) is 0.238. The SMILES string of the molecule is CC(=O)c1ccc(C=CCCNC(=O)OCc2ccccc2)c(C)c1. The van der Waals surface area contributed by atoms with Crippen molar-refractivity contribution in [2.24, 2.45) is 0 Å². The molecule has 25 heavy (non-hydrogen) atoms. The summed E-state index contributed by atoms with van der Waals surface area (Å²) in [6.07, 6.45) is 4.27. The maximum atomic E-state index is 11.6. The third kappa shape index (κ3) is 6.26. The van der Waals surface area contributed by atoms with E-state index in [1.54, 1.807) is 6.92 Å². The number of benzene rings is 2. The zero-order valence-corrected chi connectivity index (χ0v) is 14.6. The van der Waals surface area contributed by atoms with Gasteiger partial charge in [-0.1, -0.05) is 54.6 Å². The van der Waals surface area contributed by atoms with Gasteiger partial charge in [-0.05, 0) is 43.0 Å². The van der Waals surface area contributed by atoms with Crippen molar-refractivity contribution in [2.45, 2.75) is 26.9 Å². The number of hydrogen-bond donors (Lipinski definition) is 1. The summed E-state index contributed by atoms with van der Waals surface area (Å²) in [6.45, 7) is 4.32. The molecule has 1 N–H and O–H groups in total. The first-order chi connectivity index (χ1) is 12.1. The van der Waals surface area contributed by atoms with E-state index in [0.717, 1.165) is 22.3 Å². The highest BCUT2D eigenvalue weighted by Gasteiger charge is 2.02. The van der Waals surface area contributed by atoms with Crippen LogP contribution in [-0.2, 0) is 11.3 Å². The van der Waals surface area contributed by atoms with Crippen LogP contribution in [0.1, 0.15) is 40.4 Å². The van der Waals surface area contributed by atoms with Gasteiger partial charge in [0, 0.05) is 12.1 Å². The summed E-state index contributed by atoms with van der Waals surface area (Å²) in [5.41, 5.74) is 3.80. The Balaban J connectivity index is 1.71. The molecule has 1 amide bonds. The van der Waals surface area contributed by atoms with Crippen LogP contribution in [0.2, 0.25) is 0 Å². The van der Waals surface area contributed by atoms with E-state index in [1.807, 2.05) is 67.6 Å². The smallest absolute Gasteiger partial charge is 0.407 e. The summed E-state index contributed by atoms with van der Waals surface area (Å²) in [4.78, 5) is 23.0. The Morgan fingerprint density at radius 1 is 1.12 bits per heavy atom. The van der Waals surface area contributed by atoms with Gasteiger partial charge < -0.3 is 10.1 Å². The Kier molecular flexibility index (Phi) is 6.96. The fourth-order valence-corrected chi connectivity index (χ4v) is 2.32. The minimum Gasteiger partial charge on any atom is -0.445 e. The number of hydrogen-bond acceptors (Lipinski definition) is 3. The molecule has 0 saturated heterocycles. The number of carbonyl (C=O) groups is 2. The Hall–Kier alpha value is -2.88. The minimum atomic E-state index is -0.417. The Bertz CT molecular complexity index is 751. The maximum Gasteiger partial charge on any atom is 0.407 e. The van der Waals surface area contributed by atoms with Crippen LogP contribution in [0.15, 0.2) is 54.6 Å². The molecular weight excluding hydrogens is 314 g/mol. The van der Waals surface area contributed by atoms with E-state index in [4.69, 9.17) is 4.74 Å². The van der Waals surface area contributed by atoms with E-state index in [1.165, 1.54) is 0 Å². The predicted molar refractivity (Wildman–Crippen MR) is 99.5 cm³/mol. The van der Waals surface area contributed by atoms with Gasteiger partial charge in [-0.3, -0.25) is 4.79 Å². The molecular formula is C21H23NO3. The van der Waals surface area contributed by atoms with Crippen molar-refractivity contribution in [2.75, 3.05) is 6.54 Å². The van der Waals surface area contributed by atoms with Gasteiger partial charge in [-0.2, -0.15) is 0 Å². The van der Waals surface area contributed by atoms with Crippen molar-refractivity contribution in [1.29, 1.82) is 0 Å². The van der Waals surface area contributed by atoms with E-state index in [0.29, 0.717) is 13.0 Å². The van der Waals surface area contributed by atoms with Crippen LogP contribution in [0.5, 0.6) is 0 Å². The van der Waals surface area contributed by atoms with Crippen molar-refractivity contribution in [3.63, 3.8) is 0 Å². The molecule has 0 unspecified atom stereocenters. The number of aryl methyl sites for hydroxylation is 1. The largest absolute Gasteiger partial charge is 0.445 e.